The third-order valence-corrected chi connectivity index (χ3v) is 1.79. The van der Waals surface area contributed by atoms with Crippen molar-refractivity contribution < 1.29 is 18.3 Å². The van der Waals surface area contributed by atoms with E-state index in [4.69, 9.17) is 4.74 Å². The van der Waals surface area contributed by atoms with E-state index in [1.807, 2.05) is 27.7 Å². The molecule has 0 aromatic heterocycles. The van der Waals surface area contributed by atoms with Gasteiger partial charge in [-0.1, -0.05) is 0 Å². The normalized spacial score (nSPS) is 13.4. The Morgan fingerprint density at radius 2 is 1.94 bits per heavy atom. The molecule has 0 aliphatic rings. The predicted molar refractivity (Wildman–Crippen MR) is 59.5 cm³/mol. The van der Waals surface area contributed by atoms with Gasteiger partial charge in [-0.05, 0) is 40.2 Å². The molecule has 0 aromatic rings. The Kier molecular flexibility index (Phi) is 6.41. The van der Waals surface area contributed by atoms with Gasteiger partial charge in [-0.2, -0.15) is 8.78 Å². The minimum absolute atomic E-state index is 0.0470. The fourth-order valence-corrected chi connectivity index (χ4v) is 1.41. The summed E-state index contributed by atoms with van der Waals surface area (Å²) in [5.41, 5.74) is -0.287. The number of ether oxygens (including phenoxy) is 1. The number of hydrogen-bond acceptors (Lipinski definition) is 2. The van der Waals surface area contributed by atoms with Crippen LogP contribution in [0.2, 0.25) is 0 Å². The molecule has 0 saturated carbocycles. The van der Waals surface area contributed by atoms with E-state index in [-0.39, 0.29) is 36.8 Å². The lowest BCUT2D eigenvalue weighted by molar-refractivity contribution is -0.124. The van der Waals surface area contributed by atoms with Crippen LogP contribution in [-0.4, -0.2) is 17.5 Å². The first-order chi connectivity index (χ1) is 7.20. The van der Waals surface area contributed by atoms with Gasteiger partial charge in [0.1, 0.15) is 5.78 Å². The quantitative estimate of drug-likeness (QED) is 0.700. The Hall–Kier alpha value is -0.770. The van der Waals surface area contributed by atoms with Gasteiger partial charge in [0.25, 0.3) is 6.08 Å². The van der Waals surface area contributed by atoms with Gasteiger partial charge < -0.3 is 4.74 Å². The molecule has 0 radical (unpaired) electrons. The van der Waals surface area contributed by atoms with E-state index in [1.54, 1.807) is 0 Å². The second kappa shape index (κ2) is 6.74. The maximum atomic E-state index is 11.7. The first-order valence-corrected chi connectivity index (χ1v) is 5.41. The number of ketones is 1. The van der Waals surface area contributed by atoms with Crippen molar-refractivity contribution in [1.29, 1.82) is 0 Å². The van der Waals surface area contributed by atoms with Crippen molar-refractivity contribution in [2.75, 3.05) is 0 Å². The van der Waals surface area contributed by atoms with Crippen molar-refractivity contribution in [3.05, 3.63) is 12.2 Å². The van der Waals surface area contributed by atoms with Crippen LogP contribution in [0.15, 0.2) is 12.2 Å². The van der Waals surface area contributed by atoms with Crippen LogP contribution in [-0.2, 0) is 9.53 Å². The van der Waals surface area contributed by atoms with Crippen LogP contribution in [0.5, 0.6) is 0 Å². The van der Waals surface area contributed by atoms with Crippen LogP contribution < -0.4 is 0 Å². The molecule has 0 amide bonds. The molecule has 0 aromatic carbocycles. The summed E-state index contributed by atoms with van der Waals surface area (Å²) in [4.78, 5) is 11.4. The van der Waals surface area contributed by atoms with Crippen molar-refractivity contribution in [3.8, 4) is 0 Å². The fourth-order valence-electron chi connectivity index (χ4n) is 1.41. The van der Waals surface area contributed by atoms with Crippen LogP contribution in [0.1, 0.15) is 47.0 Å². The van der Waals surface area contributed by atoms with Crippen LogP contribution in [0, 0.1) is 0 Å². The van der Waals surface area contributed by atoms with E-state index in [9.17, 15) is 13.6 Å². The van der Waals surface area contributed by atoms with E-state index in [1.165, 1.54) is 0 Å². The van der Waals surface area contributed by atoms with Gasteiger partial charge in [-0.15, -0.1) is 0 Å². The van der Waals surface area contributed by atoms with E-state index >= 15 is 0 Å². The Morgan fingerprint density at radius 3 is 2.38 bits per heavy atom. The standard InChI is InChI=1S/C12H20F2O2/c1-9(16-12(2,3)4)8-10(15)6-5-7-11(13)14/h7,9H,5-6,8H2,1-4H3. The molecule has 0 aliphatic carbocycles. The van der Waals surface area contributed by atoms with Crippen LogP contribution >= 0.6 is 0 Å². The maximum absolute atomic E-state index is 11.7. The maximum Gasteiger partial charge on any atom is 0.266 e. The molecule has 0 N–H and O–H groups in total. The zero-order valence-electron chi connectivity index (χ0n) is 10.3. The zero-order chi connectivity index (χ0) is 12.8. The lowest BCUT2D eigenvalue weighted by atomic mass is 10.1. The molecule has 0 fully saturated rings. The van der Waals surface area contributed by atoms with E-state index in [0.717, 1.165) is 6.08 Å². The van der Waals surface area contributed by atoms with Crippen molar-refractivity contribution in [1.82, 2.24) is 0 Å². The minimum atomic E-state index is -1.73. The molecule has 0 bridgehead atoms. The van der Waals surface area contributed by atoms with Gasteiger partial charge in [-0.25, -0.2) is 0 Å². The largest absolute Gasteiger partial charge is 0.372 e. The first kappa shape index (κ1) is 15.2. The Balaban J connectivity index is 3.83. The fraction of sp³-hybridized carbons (Fsp3) is 0.750. The van der Waals surface area contributed by atoms with Gasteiger partial charge in [0.15, 0.2) is 0 Å². The van der Waals surface area contributed by atoms with E-state index < -0.39 is 6.08 Å². The number of carbonyl (C=O) groups is 1. The molecule has 2 nitrogen and oxygen atoms in total. The summed E-state index contributed by atoms with van der Waals surface area (Å²) in [6.07, 6.45) is -0.608. The molecule has 16 heavy (non-hydrogen) atoms. The van der Waals surface area contributed by atoms with Crippen LogP contribution in [0.4, 0.5) is 8.78 Å². The van der Waals surface area contributed by atoms with Gasteiger partial charge in [-0.3, -0.25) is 4.79 Å². The molecule has 0 aliphatic heterocycles. The van der Waals surface area contributed by atoms with Gasteiger partial charge in [0.2, 0.25) is 0 Å². The molecule has 0 spiro atoms. The number of halogens is 2. The number of Topliss-reactive ketones (excluding diaryl/α,β-unsaturated/α-hetero) is 1. The monoisotopic (exact) mass is 234 g/mol. The highest BCUT2D eigenvalue weighted by Gasteiger charge is 2.17. The van der Waals surface area contributed by atoms with Crippen molar-refractivity contribution in [2.45, 2.75) is 58.7 Å². The van der Waals surface area contributed by atoms with Gasteiger partial charge in [0.05, 0.1) is 11.7 Å². The van der Waals surface area contributed by atoms with Crippen molar-refractivity contribution >= 4 is 5.78 Å². The SMILES string of the molecule is CC(CC(=O)CCC=C(F)F)OC(C)(C)C. The second-order valence-corrected chi connectivity index (χ2v) is 4.82. The third kappa shape index (κ3) is 9.77. The summed E-state index contributed by atoms with van der Waals surface area (Å²) >= 11 is 0. The highest BCUT2D eigenvalue weighted by molar-refractivity contribution is 5.78. The number of hydrogen-bond donors (Lipinski definition) is 0. The summed E-state index contributed by atoms with van der Waals surface area (Å²) in [6.45, 7) is 7.55. The topological polar surface area (TPSA) is 26.3 Å². The van der Waals surface area contributed by atoms with Crippen LogP contribution in [0.3, 0.4) is 0 Å². The average molecular weight is 234 g/mol. The smallest absolute Gasteiger partial charge is 0.266 e. The average Bonchev–Trinajstić information content (AvgIpc) is 1.98. The van der Waals surface area contributed by atoms with E-state index in [2.05, 4.69) is 0 Å². The molecule has 1 unspecified atom stereocenters. The molecule has 94 valence electrons. The number of rotatable bonds is 6. The molecule has 0 rings (SSSR count). The second-order valence-electron chi connectivity index (χ2n) is 4.82. The van der Waals surface area contributed by atoms with Gasteiger partial charge in [0, 0.05) is 12.8 Å². The van der Waals surface area contributed by atoms with Crippen molar-refractivity contribution in [3.63, 3.8) is 0 Å². The Morgan fingerprint density at radius 1 is 1.38 bits per heavy atom. The molecule has 0 saturated heterocycles. The zero-order valence-corrected chi connectivity index (χ0v) is 10.3. The summed E-state index contributed by atoms with van der Waals surface area (Å²) in [5, 5.41) is 0. The number of allylic oxidation sites excluding steroid dienone is 1. The third-order valence-electron chi connectivity index (χ3n) is 1.79. The highest BCUT2D eigenvalue weighted by Crippen LogP contribution is 2.14. The van der Waals surface area contributed by atoms with Crippen molar-refractivity contribution in [2.24, 2.45) is 0 Å². The summed E-state index contributed by atoms with van der Waals surface area (Å²) in [6, 6.07) is 0. The number of carbonyl (C=O) groups excluding carboxylic acids is 1. The van der Waals surface area contributed by atoms with Crippen LogP contribution in [0.25, 0.3) is 0 Å². The summed E-state index contributed by atoms with van der Waals surface area (Å²) in [7, 11) is 0. The summed E-state index contributed by atoms with van der Waals surface area (Å²) < 4.78 is 28.9. The molecular formula is C12H20F2O2. The molecule has 4 heteroatoms. The predicted octanol–water partition coefficient (Wildman–Crippen LogP) is 3.71. The lowest BCUT2D eigenvalue weighted by Crippen LogP contribution is -2.27. The van der Waals surface area contributed by atoms with E-state index in [0.29, 0.717) is 0 Å². The highest BCUT2D eigenvalue weighted by atomic mass is 19.3. The Labute approximate surface area is 95.7 Å². The molecule has 0 heterocycles. The first-order valence-electron chi connectivity index (χ1n) is 5.41. The van der Waals surface area contributed by atoms with Gasteiger partial charge >= 0.3 is 0 Å². The molecule has 1 atom stereocenters. The Bertz CT molecular complexity index is 250. The minimum Gasteiger partial charge on any atom is -0.372 e. The summed E-state index contributed by atoms with van der Waals surface area (Å²) in [5.74, 6) is -0.0470. The molecular weight excluding hydrogens is 214 g/mol. The lowest BCUT2D eigenvalue weighted by Gasteiger charge is -2.24.